The number of aliphatic hydroxyl groups is 5. The molecule has 0 radical (unpaired) electrons. The van der Waals surface area contributed by atoms with Gasteiger partial charge in [-0.2, -0.15) is 0 Å². The molecule has 1 aromatic carbocycles. The van der Waals surface area contributed by atoms with E-state index in [2.05, 4.69) is 0 Å². The summed E-state index contributed by atoms with van der Waals surface area (Å²) in [5.74, 6) is 0. The van der Waals surface area contributed by atoms with Crippen LogP contribution in [0, 0.1) is 0 Å². The van der Waals surface area contributed by atoms with Crippen LogP contribution in [0.15, 0.2) is 30.3 Å². The number of hydrogen-bond acceptors (Lipinski definition) is 6. The molecule has 1 rings (SSSR count). The van der Waals surface area contributed by atoms with E-state index in [1.807, 2.05) is 0 Å². The smallest absolute Gasteiger partial charge is 0.118 e. The van der Waals surface area contributed by atoms with Crippen molar-refractivity contribution in [2.24, 2.45) is 0 Å². The third-order valence-electron chi connectivity index (χ3n) is 2.58. The summed E-state index contributed by atoms with van der Waals surface area (Å²) in [5, 5.41) is 46.8. The Labute approximate surface area is 110 Å². The van der Waals surface area contributed by atoms with Gasteiger partial charge < -0.3 is 25.5 Å². The largest absolute Gasteiger partial charge is 0.394 e. The lowest BCUT2D eigenvalue weighted by atomic mass is 9.97. The molecule has 0 saturated heterocycles. The van der Waals surface area contributed by atoms with Crippen LogP contribution in [-0.4, -0.2) is 61.4 Å². The molecular formula is C12H16O5S. The predicted molar refractivity (Wildman–Crippen MR) is 69.3 cm³/mol. The number of hydrogen-bond donors (Lipinski definition) is 5. The Morgan fingerprint density at radius 2 is 1.56 bits per heavy atom. The quantitative estimate of drug-likeness (QED) is 0.331. The first-order valence-electron chi connectivity index (χ1n) is 5.41. The minimum absolute atomic E-state index is 0.0623. The molecule has 4 atom stereocenters. The molecule has 0 spiro atoms. The molecule has 5 N–H and O–H groups in total. The lowest BCUT2D eigenvalue weighted by Crippen LogP contribution is -2.48. The Hall–Kier alpha value is -0.890. The summed E-state index contributed by atoms with van der Waals surface area (Å²) in [7, 11) is 0. The zero-order valence-electron chi connectivity index (χ0n) is 9.55. The summed E-state index contributed by atoms with van der Waals surface area (Å²) in [6.07, 6.45) is -6.38. The van der Waals surface area contributed by atoms with Gasteiger partial charge in [0.15, 0.2) is 0 Å². The lowest BCUT2D eigenvalue weighted by Gasteiger charge is -2.26. The van der Waals surface area contributed by atoms with Gasteiger partial charge >= 0.3 is 0 Å². The van der Waals surface area contributed by atoms with E-state index in [1.54, 1.807) is 30.3 Å². The topological polar surface area (TPSA) is 101 Å². The normalized spacial score (nSPS) is 17.8. The van der Waals surface area contributed by atoms with Crippen molar-refractivity contribution >= 4 is 17.1 Å². The van der Waals surface area contributed by atoms with E-state index in [9.17, 15) is 20.4 Å². The SMILES string of the molecule is OC[C@@H](O)[C@@H](O)[C@H](O)[C@@H](O)C(=S)c1ccccc1. The second kappa shape index (κ2) is 6.89. The van der Waals surface area contributed by atoms with Crippen molar-refractivity contribution in [3.63, 3.8) is 0 Å². The maximum atomic E-state index is 9.81. The highest BCUT2D eigenvalue weighted by molar-refractivity contribution is 7.81. The van der Waals surface area contributed by atoms with Gasteiger partial charge in [-0.25, -0.2) is 0 Å². The van der Waals surface area contributed by atoms with Crippen LogP contribution in [-0.2, 0) is 0 Å². The fourth-order valence-corrected chi connectivity index (χ4v) is 1.73. The minimum atomic E-state index is -1.67. The Morgan fingerprint density at radius 3 is 2.06 bits per heavy atom. The lowest BCUT2D eigenvalue weighted by molar-refractivity contribution is -0.100. The summed E-state index contributed by atoms with van der Waals surface area (Å²) < 4.78 is 0. The molecule has 18 heavy (non-hydrogen) atoms. The Morgan fingerprint density at radius 1 is 1.00 bits per heavy atom. The molecule has 0 aliphatic heterocycles. The van der Waals surface area contributed by atoms with Gasteiger partial charge in [-0.05, 0) is 5.56 Å². The van der Waals surface area contributed by atoms with Gasteiger partial charge in [0.2, 0.25) is 0 Å². The Kier molecular flexibility index (Phi) is 5.80. The number of aliphatic hydroxyl groups excluding tert-OH is 5. The fourth-order valence-electron chi connectivity index (χ4n) is 1.45. The Balaban J connectivity index is 2.75. The highest BCUT2D eigenvalue weighted by Gasteiger charge is 2.32. The van der Waals surface area contributed by atoms with E-state index in [4.69, 9.17) is 17.3 Å². The molecule has 0 aromatic heterocycles. The van der Waals surface area contributed by atoms with Gasteiger partial charge in [0.05, 0.1) is 11.5 Å². The average Bonchev–Trinajstić information content (AvgIpc) is 2.44. The van der Waals surface area contributed by atoms with Gasteiger partial charge in [-0.3, -0.25) is 0 Å². The molecule has 0 heterocycles. The van der Waals surface area contributed by atoms with Crippen molar-refractivity contribution in [3.8, 4) is 0 Å². The molecule has 0 saturated carbocycles. The fraction of sp³-hybridized carbons (Fsp3) is 0.417. The van der Waals surface area contributed by atoms with Crippen molar-refractivity contribution in [2.75, 3.05) is 6.61 Å². The van der Waals surface area contributed by atoms with Crippen LogP contribution in [0.5, 0.6) is 0 Å². The van der Waals surface area contributed by atoms with Crippen LogP contribution in [0.2, 0.25) is 0 Å². The first-order chi connectivity index (χ1) is 8.49. The maximum absolute atomic E-state index is 9.81. The van der Waals surface area contributed by atoms with Crippen molar-refractivity contribution < 1.29 is 25.5 Å². The van der Waals surface area contributed by atoms with Gasteiger partial charge in [-0.1, -0.05) is 42.5 Å². The molecule has 0 fully saturated rings. The monoisotopic (exact) mass is 272 g/mol. The second-order valence-electron chi connectivity index (χ2n) is 3.91. The summed E-state index contributed by atoms with van der Waals surface area (Å²) in [5.41, 5.74) is 0.546. The zero-order chi connectivity index (χ0) is 13.7. The first kappa shape index (κ1) is 15.2. The molecule has 5 nitrogen and oxygen atoms in total. The first-order valence-corrected chi connectivity index (χ1v) is 5.82. The zero-order valence-corrected chi connectivity index (χ0v) is 10.4. The molecule has 0 amide bonds. The van der Waals surface area contributed by atoms with E-state index >= 15 is 0 Å². The van der Waals surface area contributed by atoms with Crippen LogP contribution in [0.3, 0.4) is 0 Å². The van der Waals surface area contributed by atoms with Crippen molar-refractivity contribution in [3.05, 3.63) is 35.9 Å². The molecule has 0 unspecified atom stereocenters. The highest BCUT2D eigenvalue weighted by Crippen LogP contribution is 2.12. The van der Waals surface area contributed by atoms with Gasteiger partial charge in [0, 0.05) is 0 Å². The van der Waals surface area contributed by atoms with E-state index in [-0.39, 0.29) is 4.86 Å². The van der Waals surface area contributed by atoms with Crippen LogP contribution >= 0.6 is 12.2 Å². The van der Waals surface area contributed by atoms with Gasteiger partial charge in [0.1, 0.15) is 24.4 Å². The van der Waals surface area contributed by atoms with E-state index < -0.39 is 31.0 Å². The van der Waals surface area contributed by atoms with Gasteiger partial charge in [-0.15, -0.1) is 0 Å². The second-order valence-corrected chi connectivity index (χ2v) is 4.35. The van der Waals surface area contributed by atoms with E-state index in [0.29, 0.717) is 5.56 Å². The minimum Gasteiger partial charge on any atom is -0.394 e. The Bertz CT molecular complexity index is 383. The van der Waals surface area contributed by atoms with E-state index in [0.717, 1.165) is 0 Å². The molecular weight excluding hydrogens is 256 g/mol. The summed E-state index contributed by atoms with van der Waals surface area (Å²) in [6.45, 7) is -0.719. The average molecular weight is 272 g/mol. The van der Waals surface area contributed by atoms with Gasteiger partial charge in [0.25, 0.3) is 0 Å². The summed E-state index contributed by atoms with van der Waals surface area (Å²) >= 11 is 5.00. The third kappa shape index (κ3) is 3.55. The van der Waals surface area contributed by atoms with Crippen LogP contribution in [0.25, 0.3) is 0 Å². The molecule has 0 aliphatic rings. The van der Waals surface area contributed by atoms with Crippen LogP contribution in [0.1, 0.15) is 5.56 Å². The van der Waals surface area contributed by atoms with Crippen LogP contribution < -0.4 is 0 Å². The van der Waals surface area contributed by atoms with Crippen molar-refractivity contribution in [2.45, 2.75) is 24.4 Å². The molecule has 0 aliphatic carbocycles. The summed E-state index contributed by atoms with van der Waals surface area (Å²) in [4.78, 5) is 0.0623. The molecule has 0 bridgehead atoms. The maximum Gasteiger partial charge on any atom is 0.118 e. The molecule has 1 aromatic rings. The highest BCUT2D eigenvalue weighted by atomic mass is 32.1. The predicted octanol–water partition coefficient (Wildman–Crippen LogP) is -1.16. The standard InChI is InChI=1S/C12H16O5S/c13-6-8(14)9(15)10(16)11(17)12(18)7-4-2-1-3-5-7/h1-5,8-11,13-17H,6H2/t8-,9-,10+,11-/m1/s1. The number of thiocarbonyl (C=S) groups is 1. The van der Waals surface area contributed by atoms with E-state index in [1.165, 1.54) is 0 Å². The van der Waals surface area contributed by atoms with Crippen molar-refractivity contribution in [1.29, 1.82) is 0 Å². The third-order valence-corrected chi connectivity index (χ3v) is 3.06. The summed E-state index contributed by atoms with van der Waals surface area (Å²) in [6, 6.07) is 8.54. The van der Waals surface area contributed by atoms with Crippen LogP contribution in [0.4, 0.5) is 0 Å². The molecule has 6 heteroatoms. The van der Waals surface area contributed by atoms with Crippen molar-refractivity contribution in [1.82, 2.24) is 0 Å². The number of benzene rings is 1. The molecule has 100 valence electrons. The number of rotatable bonds is 6.